The summed E-state index contributed by atoms with van der Waals surface area (Å²) in [5.41, 5.74) is 2.20. The maximum Gasteiger partial charge on any atom is 0.240 e. The van der Waals surface area contributed by atoms with Crippen LogP contribution in [0.1, 0.15) is 18.9 Å². The third-order valence-electron chi connectivity index (χ3n) is 5.72. The Bertz CT molecular complexity index is 1130. The van der Waals surface area contributed by atoms with Gasteiger partial charge in [0.15, 0.2) is 0 Å². The van der Waals surface area contributed by atoms with E-state index < -0.39 is 15.9 Å². The molecule has 8 nitrogen and oxygen atoms in total. The highest BCUT2D eigenvalue weighted by Crippen LogP contribution is 2.36. The summed E-state index contributed by atoms with van der Waals surface area (Å²) in [5, 5.41) is 0. The molecule has 31 heavy (non-hydrogen) atoms. The standard InChI is InChI=1S/C22H25N3O5S/c1-3-30-20-7-5-4-6-19(20)25-14-16(13-21(25)26)22(27)24-11-10-15-12-17(8-9-18(15)24)31(28,29)23-2/h4-9,12,16,23H,3,10-11,13-14H2,1-2H3. The lowest BCUT2D eigenvalue weighted by Crippen LogP contribution is -2.36. The Morgan fingerprint density at radius 2 is 1.97 bits per heavy atom. The number of sulfonamides is 1. The number of carbonyl (C=O) groups excluding carboxylic acids is 2. The number of nitrogens with one attached hydrogen (secondary N) is 1. The first-order valence-electron chi connectivity index (χ1n) is 10.3. The lowest BCUT2D eigenvalue weighted by molar-refractivity contribution is -0.124. The van der Waals surface area contributed by atoms with E-state index in [2.05, 4.69) is 4.72 Å². The van der Waals surface area contributed by atoms with E-state index in [4.69, 9.17) is 4.74 Å². The van der Waals surface area contributed by atoms with Crippen molar-refractivity contribution >= 4 is 33.2 Å². The lowest BCUT2D eigenvalue weighted by Gasteiger charge is -2.23. The SMILES string of the molecule is CCOc1ccccc1N1CC(C(=O)N2CCc3cc(S(=O)(=O)NC)ccc32)CC1=O. The average molecular weight is 444 g/mol. The second kappa shape index (κ2) is 8.32. The molecule has 1 unspecified atom stereocenters. The Balaban J connectivity index is 1.54. The maximum atomic E-state index is 13.3. The van der Waals surface area contributed by atoms with Crippen LogP contribution in [0.5, 0.6) is 5.75 Å². The van der Waals surface area contributed by atoms with Crippen molar-refractivity contribution in [2.75, 3.05) is 36.5 Å². The molecule has 2 aliphatic rings. The van der Waals surface area contributed by atoms with Gasteiger partial charge >= 0.3 is 0 Å². The van der Waals surface area contributed by atoms with Crippen LogP contribution in [0, 0.1) is 5.92 Å². The van der Waals surface area contributed by atoms with Crippen LogP contribution in [0.3, 0.4) is 0 Å². The highest BCUT2D eigenvalue weighted by atomic mass is 32.2. The second-order valence-corrected chi connectivity index (χ2v) is 9.43. The van der Waals surface area contributed by atoms with Gasteiger partial charge < -0.3 is 14.5 Å². The number of carbonyl (C=O) groups is 2. The van der Waals surface area contributed by atoms with Gasteiger partial charge in [0.25, 0.3) is 0 Å². The minimum atomic E-state index is -3.54. The van der Waals surface area contributed by atoms with Gasteiger partial charge in [0.05, 0.1) is 23.1 Å². The van der Waals surface area contributed by atoms with Gasteiger partial charge in [-0.2, -0.15) is 0 Å². The van der Waals surface area contributed by atoms with Crippen molar-refractivity contribution in [3.63, 3.8) is 0 Å². The molecule has 0 aromatic heterocycles. The zero-order chi connectivity index (χ0) is 22.2. The van der Waals surface area contributed by atoms with Crippen LogP contribution < -0.4 is 19.3 Å². The molecule has 2 aromatic carbocycles. The molecule has 0 aliphatic carbocycles. The van der Waals surface area contributed by atoms with Crippen molar-refractivity contribution in [1.82, 2.24) is 4.72 Å². The van der Waals surface area contributed by atoms with Crippen molar-refractivity contribution in [2.45, 2.75) is 24.7 Å². The topological polar surface area (TPSA) is 96.0 Å². The molecule has 2 aliphatic heterocycles. The molecule has 2 aromatic rings. The average Bonchev–Trinajstić information content (AvgIpc) is 3.37. The third-order valence-corrected chi connectivity index (χ3v) is 7.13. The summed E-state index contributed by atoms with van der Waals surface area (Å²) in [6.45, 7) is 3.13. The molecule has 164 valence electrons. The smallest absolute Gasteiger partial charge is 0.240 e. The molecule has 0 spiro atoms. The molecule has 2 heterocycles. The molecular weight excluding hydrogens is 418 g/mol. The van der Waals surface area contributed by atoms with Crippen LogP contribution in [-0.4, -0.2) is 47.0 Å². The Labute approximate surface area is 181 Å². The fraction of sp³-hybridized carbons (Fsp3) is 0.364. The largest absolute Gasteiger partial charge is 0.492 e. The van der Waals surface area contributed by atoms with E-state index in [-0.39, 0.29) is 23.1 Å². The first kappa shape index (κ1) is 21.3. The number of hydrogen-bond donors (Lipinski definition) is 1. The molecule has 0 radical (unpaired) electrons. The summed E-state index contributed by atoms with van der Waals surface area (Å²) >= 11 is 0. The molecule has 4 rings (SSSR count). The highest BCUT2D eigenvalue weighted by molar-refractivity contribution is 7.89. The predicted octanol–water partition coefficient (Wildman–Crippen LogP) is 1.94. The van der Waals surface area contributed by atoms with Crippen LogP contribution in [0.2, 0.25) is 0 Å². The van der Waals surface area contributed by atoms with E-state index in [1.807, 2.05) is 31.2 Å². The van der Waals surface area contributed by atoms with Gasteiger partial charge in [0.2, 0.25) is 21.8 Å². The van der Waals surface area contributed by atoms with E-state index in [0.29, 0.717) is 43.2 Å². The van der Waals surface area contributed by atoms with E-state index in [0.717, 1.165) is 5.56 Å². The van der Waals surface area contributed by atoms with Gasteiger partial charge in [0, 0.05) is 25.2 Å². The van der Waals surface area contributed by atoms with Gasteiger partial charge in [-0.05, 0) is 56.3 Å². The molecule has 1 fully saturated rings. The van der Waals surface area contributed by atoms with Crippen LogP contribution in [0.4, 0.5) is 11.4 Å². The molecule has 9 heteroatoms. The fourth-order valence-corrected chi connectivity index (χ4v) is 4.96. The molecular formula is C22H25N3O5S. The van der Waals surface area contributed by atoms with Gasteiger partial charge in [-0.15, -0.1) is 0 Å². The van der Waals surface area contributed by atoms with Crippen molar-refractivity contribution in [2.24, 2.45) is 5.92 Å². The number of hydrogen-bond acceptors (Lipinski definition) is 5. The Morgan fingerprint density at radius 1 is 1.19 bits per heavy atom. The highest BCUT2D eigenvalue weighted by Gasteiger charge is 2.40. The summed E-state index contributed by atoms with van der Waals surface area (Å²) in [4.78, 5) is 29.5. The first-order chi connectivity index (χ1) is 14.9. The second-order valence-electron chi connectivity index (χ2n) is 7.54. The lowest BCUT2D eigenvalue weighted by atomic mass is 10.1. The summed E-state index contributed by atoms with van der Waals surface area (Å²) < 4.78 is 32.1. The van der Waals surface area contributed by atoms with Gasteiger partial charge in [-0.25, -0.2) is 13.1 Å². The molecule has 2 amide bonds. The predicted molar refractivity (Wildman–Crippen MR) is 117 cm³/mol. The van der Waals surface area contributed by atoms with E-state index in [1.165, 1.54) is 13.1 Å². The first-order valence-corrected chi connectivity index (χ1v) is 11.7. The summed E-state index contributed by atoms with van der Waals surface area (Å²) in [7, 11) is -2.18. The number of fused-ring (bicyclic) bond motifs is 1. The van der Waals surface area contributed by atoms with Crippen molar-refractivity contribution in [1.29, 1.82) is 0 Å². The van der Waals surface area contributed by atoms with E-state index in [9.17, 15) is 18.0 Å². The maximum absolute atomic E-state index is 13.3. The van der Waals surface area contributed by atoms with Crippen LogP contribution >= 0.6 is 0 Å². The molecule has 1 saturated heterocycles. The molecule has 0 bridgehead atoms. The normalized spacial score (nSPS) is 18.4. The van der Waals surface area contributed by atoms with Crippen molar-refractivity contribution in [3.05, 3.63) is 48.0 Å². The van der Waals surface area contributed by atoms with Crippen LogP contribution in [0.25, 0.3) is 0 Å². The van der Waals surface area contributed by atoms with Gasteiger partial charge in [-0.1, -0.05) is 12.1 Å². The zero-order valence-corrected chi connectivity index (χ0v) is 18.3. The zero-order valence-electron chi connectivity index (χ0n) is 17.5. The summed E-state index contributed by atoms with van der Waals surface area (Å²) in [6, 6.07) is 12.1. The molecule has 0 saturated carbocycles. The third kappa shape index (κ3) is 3.90. The van der Waals surface area contributed by atoms with Crippen molar-refractivity contribution in [3.8, 4) is 5.75 Å². The summed E-state index contributed by atoms with van der Waals surface area (Å²) in [5.74, 6) is -0.0711. The monoisotopic (exact) mass is 443 g/mol. The fourth-order valence-electron chi connectivity index (χ4n) is 4.18. The number of nitrogens with zero attached hydrogens (tertiary/aromatic N) is 2. The Kier molecular flexibility index (Phi) is 5.72. The van der Waals surface area contributed by atoms with E-state index >= 15 is 0 Å². The number of para-hydroxylation sites is 2. The van der Waals surface area contributed by atoms with Gasteiger partial charge in [-0.3, -0.25) is 9.59 Å². The number of rotatable bonds is 6. The minimum Gasteiger partial charge on any atom is -0.492 e. The summed E-state index contributed by atoms with van der Waals surface area (Å²) in [6.07, 6.45) is 0.711. The van der Waals surface area contributed by atoms with E-state index in [1.54, 1.807) is 21.9 Å². The number of anilines is 2. The number of ether oxygens (including phenoxy) is 1. The van der Waals surface area contributed by atoms with Crippen LogP contribution in [-0.2, 0) is 26.0 Å². The molecule has 1 N–H and O–H groups in total. The Morgan fingerprint density at radius 3 is 2.71 bits per heavy atom. The van der Waals surface area contributed by atoms with Crippen LogP contribution in [0.15, 0.2) is 47.4 Å². The molecule has 1 atom stereocenters. The van der Waals surface area contributed by atoms with Gasteiger partial charge in [0.1, 0.15) is 5.75 Å². The number of benzene rings is 2. The minimum absolute atomic E-state index is 0.111. The quantitative estimate of drug-likeness (QED) is 0.736. The number of amides is 2. The Hall–Kier alpha value is -2.91. The van der Waals surface area contributed by atoms with Crippen molar-refractivity contribution < 1.29 is 22.7 Å².